The molecule has 1 unspecified atom stereocenters. The van der Waals surface area contributed by atoms with Crippen LogP contribution in [0.4, 0.5) is 0 Å². The molecule has 1 aromatic carbocycles. The summed E-state index contributed by atoms with van der Waals surface area (Å²) in [5.41, 5.74) is 0. The van der Waals surface area contributed by atoms with Crippen LogP contribution in [0.5, 0.6) is 5.75 Å². The van der Waals surface area contributed by atoms with Gasteiger partial charge in [-0.1, -0.05) is 23.2 Å². The van der Waals surface area contributed by atoms with Gasteiger partial charge in [0.25, 0.3) is 0 Å². The first-order chi connectivity index (χ1) is 8.99. The maximum atomic E-state index is 9.75. The van der Waals surface area contributed by atoms with Crippen LogP contribution in [-0.2, 0) is 0 Å². The van der Waals surface area contributed by atoms with E-state index in [0.717, 1.165) is 13.1 Å². The van der Waals surface area contributed by atoms with Crippen molar-refractivity contribution in [2.24, 2.45) is 0 Å². The fraction of sp³-hybridized carbons (Fsp3) is 0.538. The topological polar surface area (TPSA) is 44.7 Å². The first-order valence-corrected chi connectivity index (χ1v) is 6.86. The van der Waals surface area contributed by atoms with E-state index < -0.39 is 6.10 Å². The maximum absolute atomic E-state index is 9.75. The zero-order valence-corrected chi connectivity index (χ0v) is 12.7. The van der Waals surface area contributed by atoms with Gasteiger partial charge in [0, 0.05) is 24.7 Å². The summed E-state index contributed by atoms with van der Waals surface area (Å²) in [6.45, 7) is 2.43. The number of hydrogen-bond acceptors (Lipinski definition) is 4. The molecule has 0 aromatic heterocycles. The summed E-state index contributed by atoms with van der Waals surface area (Å²) in [4.78, 5) is 2.07. The summed E-state index contributed by atoms with van der Waals surface area (Å²) < 4.78 is 5.44. The molecule has 0 amide bonds. The van der Waals surface area contributed by atoms with Crippen LogP contribution in [0, 0.1) is 0 Å². The number of aliphatic hydroxyl groups is 1. The number of nitrogens with one attached hydrogen (secondary N) is 1. The Kier molecular flexibility index (Phi) is 7.49. The molecule has 0 radical (unpaired) electrons. The second kappa shape index (κ2) is 8.61. The number of nitrogens with zero attached hydrogens (tertiary/aromatic N) is 1. The predicted octanol–water partition coefficient (Wildman–Crippen LogP) is 1.88. The van der Waals surface area contributed by atoms with Gasteiger partial charge in [-0.3, -0.25) is 0 Å². The lowest BCUT2D eigenvalue weighted by atomic mass is 10.3. The van der Waals surface area contributed by atoms with Crippen LogP contribution in [0.2, 0.25) is 10.0 Å². The monoisotopic (exact) mass is 306 g/mol. The number of halogens is 2. The van der Waals surface area contributed by atoms with E-state index in [1.807, 2.05) is 14.1 Å². The highest BCUT2D eigenvalue weighted by Crippen LogP contribution is 2.27. The van der Waals surface area contributed by atoms with E-state index in [4.69, 9.17) is 27.9 Å². The fourth-order valence-electron chi connectivity index (χ4n) is 1.41. The summed E-state index contributed by atoms with van der Waals surface area (Å²) in [7, 11) is 4.01. The van der Waals surface area contributed by atoms with Gasteiger partial charge >= 0.3 is 0 Å². The van der Waals surface area contributed by atoms with Gasteiger partial charge in [-0.25, -0.2) is 0 Å². The Balaban J connectivity index is 2.24. The molecule has 0 bridgehead atoms. The van der Waals surface area contributed by atoms with Crippen LogP contribution in [0.3, 0.4) is 0 Å². The molecule has 4 nitrogen and oxygen atoms in total. The molecule has 0 fully saturated rings. The van der Waals surface area contributed by atoms with Crippen LogP contribution in [-0.4, -0.2) is 56.4 Å². The van der Waals surface area contributed by atoms with Crippen molar-refractivity contribution in [1.82, 2.24) is 10.2 Å². The second-order valence-electron chi connectivity index (χ2n) is 4.55. The van der Waals surface area contributed by atoms with Crippen molar-refractivity contribution in [2.75, 3.05) is 40.3 Å². The van der Waals surface area contributed by atoms with Crippen LogP contribution in [0.15, 0.2) is 18.2 Å². The summed E-state index contributed by atoms with van der Waals surface area (Å²) in [5.74, 6) is 0.526. The third-order valence-electron chi connectivity index (χ3n) is 2.44. The zero-order chi connectivity index (χ0) is 14.3. The molecule has 1 aromatic rings. The van der Waals surface area contributed by atoms with E-state index in [9.17, 15) is 5.11 Å². The van der Waals surface area contributed by atoms with Crippen LogP contribution in [0.25, 0.3) is 0 Å². The molecule has 6 heteroatoms. The van der Waals surface area contributed by atoms with E-state index in [1.54, 1.807) is 18.2 Å². The highest BCUT2D eigenvalue weighted by molar-refractivity contribution is 6.35. The number of benzene rings is 1. The summed E-state index contributed by atoms with van der Waals surface area (Å²) >= 11 is 11.7. The van der Waals surface area contributed by atoms with Gasteiger partial charge in [0.15, 0.2) is 0 Å². The van der Waals surface area contributed by atoms with E-state index in [1.165, 1.54) is 0 Å². The number of likely N-dealkylation sites (N-methyl/N-ethyl adjacent to an activating group) is 1. The van der Waals surface area contributed by atoms with Crippen molar-refractivity contribution in [2.45, 2.75) is 6.10 Å². The van der Waals surface area contributed by atoms with E-state index >= 15 is 0 Å². The van der Waals surface area contributed by atoms with Crippen molar-refractivity contribution in [3.05, 3.63) is 28.2 Å². The third kappa shape index (κ3) is 6.99. The van der Waals surface area contributed by atoms with Crippen LogP contribution < -0.4 is 10.1 Å². The van der Waals surface area contributed by atoms with Crippen molar-refractivity contribution in [1.29, 1.82) is 0 Å². The van der Waals surface area contributed by atoms with E-state index in [-0.39, 0.29) is 6.61 Å². The normalized spacial score (nSPS) is 12.7. The van der Waals surface area contributed by atoms with Crippen molar-refractivity contribution < 1.29 is 9.84 Å². The zero-order valence-electron chi connectivity index (χ0n) is 11.2. The molecule has 0 heterocycles. The molecule has 0 saturated carbocycles. The smallest absolute Gasteiger partial charge is 0.138 e. The van der Waals surface area contributed by atoms with Gasteiger partial charge in [0.1, 0.15) is 18.5 Å². The van der Waals surface area contributed by atoms with Gasteiger partial charge < -0.3 is 20.1 Å². The Hall–Kier alpha value is -0.520. The molecule has 0 saturated heterocycles. The first kappa shape index (κ1) is 16.5. The molecule has 0 aliphatic carbocycles. The third-order valence-corrected chi connectivity index (χ3v) is 2.97. The molecular formula is C13H20Cl2N2O2. The fourth-order valence-corrected chi connectivity index (χ4v) is 1.87. The number of rotatable bonds is 8. The Bertz CT molecular complexity index is 389. The number of aliphatic hydroxyl groups excluding tert-OH is 1. The highest BCUT2D eigenvalue weighted by atomic mass is 35.5. The molecule has 1 rings (SSSR count). The Morgan fingerprint density at radius 3 is 2.74 bits per heavy atom. The molecule has 108 valence electrons. The predicted molar refractivity (Wildman–Crippen MR) is 79.4 cm³/mol. The van der Waals surface area contributed by atoms with Gasteiger partial charge in [0.05, 0.1) is 5.02 Å². The largest absolute Gasteiger partial charge is 0.489 e. The summed E-state index contributed by atoms with van der Waals surface area (Å²) in [6.07, 6.45) is -0.575. The molecule has 0 aliphatic heterocycles. The number of ether oxygens (including phenoxy) is 1. The Morgan fingerprint density at radius 1 is 1.37 bits per heavy atom. The molecule has 0 spiro atoms. The lowest BCUT2D eigenvalue weighted by Gasteiger charge is -2.15. The standard InChI is InChI=1S/C13H20Cl2N2O2/c1-17(2)6-5-16-8-11(18)9-19-13-4-3-10(14)7-12(13)15/h3-4,7,11,16,18H,5-6,8-9H2,1-2H3. The number of hydrogen-bond donors (Lipinski definition) is 2. The van der Waals surface area contributed by atoms with Crippen molar-refractivity contribution in [3.8, 4) is 5.75 Å². The van der Waals surface area contributed by atoms with E-state index in [0.29, 0.717) is 22.3 Å². The Labute approximate surface area is 124 Å². The van der Waals surface area contributed by atoms with Crippen molar-refractivity contribution >= 4 is 23.2 Å². The SMILES string of the molecule is CN(C)CCNCC(O)COc1ccc(Cl)cc1Cl. The summed E-state index contributed by atoms with van der Waals surface area (Å²) in [5, 5.41) is 13.9. The average molecular weight is 307 g/mol. The first-order valence-electron chi connectivity index (χ1n) is 6.10. The van der Waals surface area contributed by atoms with Gasteiger partial charge in [-0.15, -0.1) is 0 Å². The molecule has 1 atom stereocenters. The summed E-state index contributed by atoms with van der Waals surface area (Å²) in [6, 6.07) is 5.00. The second-order valence-corrected chi connectivity index (χ2v) is 5.39. The lowest BCUT2D eigenvalue weighted by Crippen LogP contribution is -2.35. The molecule has 2 N–H and O–H groups in total. The molecular weight excluding hydrogens is 287 g/mol. The minimum absolute atomic E-state index is 0.191. The average Bonchev–Trinajstić information content (AvgIpc) is 2.33. The lowest BCUT2D eigenvalue weighted by molar-refractivity contribution is 0.106. The van der Waals surface area contributed by atoms with Gasteiger partial charge in [-0.2, -0.15) is 0 Å². The van der Waals surface area contributed by atoms with Crippen LogP contribution in [0.1, 0.15) is 0 Å². The minimum Gasteiger partial charge on any atom is -0.489 e. The maximum Gasteiger partial charge on any atom is 0.138 e. The highest BCUT2D eigenvalue weighted by Gasteiger charge is 2.07. The van der Waals surface area contributed by atoms with Crippen molar-refractivity contribution in [3.63, 3.8) is 0 Å². The molecule has 19 heavy (non-hydrogen) atoms. The van der Waals surface area contributed by atoms with Gasteiger partial charge in [0.2, 0.25) is 0 Å². The Morgan fingerprint density at radius 2 is 2.11 bits per heavy atom. The minimum atomic E-state index is -0.575. The van der Waals surface area contributed by atoms with Gasteiger partial charge in [-0.05, 0) is 32.3 Å². The van der Waals surface area contributed by atoms with Crippen LogP contribution >= 0.6 is 23.2 Å². The molecule has 0 aliphatic rings. The quantitative estimate of drug-likeness (QED) is 0.720. The van der Waals surface area contributed by atoms with E-state index in [2.05, 4.69) is 10.2 Å².